The van der Waals surface area contributed by atoms with Gasteiger partial charge in [0.1, 0.15) is 25.4 Å². The molecule has 10 heteroatoms. The van der Waals surface area contributed by atoms with Crippen LogP contribution in [-0.2, 0) is 28.5 Å². The maximum absolute atomic E-state index is 11.7. The SMILES string of the molecule is C=C(C)C(=O)OCC(C)OC(=O)NCC.C=C(C)C(=O)OCC(C)OC(=O)NCC1CC2CCC1C2. The van der Waals surface area contributed by atoms with Gasteiger partial charge in [-0.1, -0.05) is 19.6 Å². The minimum Gasteiger partial charge on any atom is -0.458 e. The van der Waals surface area contributed by atoms with Crippen molar-refractivity contribution in [2.24, 2.45) is 17.8 Å². The highest BCUT2D eigenvalue weighted by molar-refractivity contribution is 5.87. The van der Waals surface area contributed by atoms with Crippen LogP contribution in [0, 0.1) is 17.8 Å². The molecule has 2 aliphatic carbocycles. The molecule has 0 radical (unpaired) electrons. The van der Waals surface area contributed by atoms with Crippen molar-refractivity contribution in [1.29, 1.82) is 0 Å². The Hall–Kier alpha value is -3.04. The van der Waals surface area contributed by atoms with Gasteiger partial charge in [0.05, 0.1) is 0 Å². The average Bonchev–Trinajstić information content (AvgIpc) is 3.43. The fourth-order valence-electron chi connectivity index (χ4n) is 4.13. The first-order valence-corrected chi connectivity index (χ1v) is 12.5. The Labute approximate surface area is 214 Å². The fourth-order valence-corrected chi connectivity index (χ4v) is 4.13. The summed E-state index contributed by atoms with van der Waals surface area (Å²) in [5.41, 5.74) is 0.656. The summed E-state index contributed by atoms with van der Waals surface area (Å²) in [6.45, 7) is 16.4. The molecule has 5 unspecified atom stereocenters. The molecule has 36 heavy (non-hydrogen) atoms. The van der Waals surface area contributed by atoms with Crippen LogP contribution in [0.25, 0.3) is 0 Å². The van der Waals surface area contributed by atoms with E-state index in [0.29, 0.717) is 30.2 Å². The first-order valence-electron chi connectivity index (χ1n) is 12.5. The summed E-state index contributed by atoms with van der Waals surface area (Å²) in [4.78, 5) is 44.9. The predicted molar refractivity (Wildman–Crippen MR) is 134 cm³/mol. The number of alkyl carbamates (subject to hydrolysis) is 2. The predicted octanol–water partition coefficient (Wildman–Crippen LogP) is 3.90. The molecule has 0 heterocycles. The Kier molecular flexibility index (Phi) is 13.6. The summed E-state index contributed by atoms with van der Waals surface area (Å²) in [5, 5.41) is 5.30. The first-order chi connectivity index (χ1) is 16.9. The lowest BCUT2D eigenvalue weighted by Crippen LogP contribution is -2.35. The van der Waals surface area contributed by atoms with Gasteiger partial charge in [-0.15, -0.1) is 0 Å². The molecule has 0 saturated heterocycles. The maximum Gasteiger partial charge on any atom is 0.407 e. The first kappa shape index (κ1) is 31.0. The van der Waals surface area contributed by atoms with Gasteiger partial charge in [-0.25, -0.2) is 19.2 Å². The van der Waals surface area contributed by atoms with E-state index < -0.39 is 36.3 Å². The molecule has 0 aromatic rings. The molecule has 0 spiro atoms. The van der Waals surface area contributed by atoms with Crippen LogP contribution in [0.2, 0.25) is 0 Å². The molecule has 0 aromatic carbocycles. The van der Waals surface area contributed by atoms with Crippen molar-refractivity contribution in [2.75, 3.05) is 26.3 Å². The molecule has 0 aromatic heterocycles. The molecule has 0 aliphatic heterocycles. The minimum absolute atomic E-state index is 0.0306. The van der Waals surface area contributed by atoms with Gasteiger partial charge in [0.2, 0.25) is 0 Å². The fraction of sp³-hybridized carbons (Fsp3) is 0.692. The van der Waals surface area contributed by atoms with Crippen LogP contribution in [0.3, 0.4) is 0 Å². The Balaban J connectivity index is 0.000000384. The van der Waals surface area contributed by atoms with Crippen LogP contribution < -0.4 is 10.6 Å². The zero-order chi connectivity index (χ0) is 27.3. The van der Waals surface area contributed by atoms with Crippen LogP contribution >= 0.6 is 0 Å². The number of amides is 2. The van der Waals surface area contributed by atoms with Gasteiger partial charge in [-0.05, 0) is 71.6 Å². The summed E-state index contributed by atoms with van der Waals surface area (Å²) in [7, 11) is 0. The second-order valence-electron chi connectivity index (χ2n) is 9.54. The number of rotatable bonds is 11. The highest BCUT2D eigenvalue weighted by Crippen LogP contribution is 2.47. The van der Waals surface area contributed by atoms with Crippen molar-refractivity contribution >= 4 is 24.1 Å². The molecule has 2 aliphatic rings. The number of hydrogen-bond acceptors (Lipinski definition) is 8. The highest BCUT2D eigenvalue weighted by atomic mass is 16.6. The quantitative estimate of drug-likeness (QED) is 0.243. The molecular formula is C26H42N2O8. The van der Waals surface area contributed by atoms with E-state index in [1.165, 1.54) is 25.7 Å². The number of carbonyl (C=O) groups excluding carboxylic acids is 4. The molecule has 2 rings (SSSR count). The lowest BCUT2D eigenvalue weighted by atomic mass is 9.89. The number of nitrogens with one attached hydrogen (secondary N) is 2. The van der Waals surface area contributed by atoms with Crippen LogP contribution in [0.5, 0.6) is 0 Å². The van der Waals surface area contributed by atoms with Crippen molar-refractivity contribution in [3.63, 3.8) is 0 Å². The number of hydrogen-bond donors (Lipinski definition) is 2. The van der Waals surface area contributed by atoms with Gasteiger partial charge < -0.3 is 29.6 Å². The molecule has 2 fully saturated rings. The van der Waals surface area contributed by atoms with Crippen molar-refractivity contribution in [3.05, 3.63) is 24.3 Å². The molecule has 5 atom stereocenters. The van der Waals surface area contributed by atoms with E-state index in [-0.39, 0.29) is 13.2 Å². The van der Waals surface area contributed by atoms with E-state index >= 15 is 0 Å². The molecular weight excluding hydrogens is 468 g/mol. The topological polar surface area (TPSA) is 129 Å². The largest absolute Gasteiger partial charge is 0.458 e. The van der Waals surface area contributed by atoms with E-state index in [9.17, 15) is 19.2 Å². The zero-order valence-electron chi connectivity index (χ0n) is 22.2. The second kappa shape index (κ2) is 15.9. The monoisotopic (exact) mass is 510 g/mol. The van der Waals surface area contributed by atoms with Gasteiger partial charge >= 0.3 is 24.1 Å². The zero-order valence-corrected chi connectivity index (χ0v) is 22.2. The van der Waals surface area contributed by atoms with Gasteiger partial charge in [-0.2, -0.15) is 0 Å². The van der Waals surface area contributed by atoms with E-state index in [1.807, 2.05) is 0 Å². The summed E-state index contributed by atoms with van der Waals surface area (Å²) < 4.78 is 19.8. The normalized spacial score (nSPS) is 21.1. The van der Waals surface area contributed by atoms with Gasteiger partial charge in [0.15, 0.2) is 0 Å². The average molecular weight is 511 g/mol. The second-order valence-corrected chi connectivity index (χ2v) is 9.54. The Morgan fingerprint density at radius 3 is 1.72 bits per heavy atom. The van der Waals surface area contributed by atoms with Crippen LogP contribution in [-0.4, -0.2) is 62.6 Å². The van der Waals surface area contributed by atoms with E-state index in [0.717, 1.165) is 11.8 Å². The third kappa shape index (κ3) is 12.1. The number of ether oxygens (including phenoxy) is 4. The summed E-state index contributed by atoms with van der Waals surface area (Å²) in [6, 6.07) is 0. The maximum atomic E-state index is 11.7. The Bertz CT molecular complexity index is 797. The van der Waals surface area contributed by atoms with Crippen LogP contribution in [0.15, 0.2) is 24.3 Å². The highest BCUT2D eigenvalue weighted by Gasteiger charge is 2.39. The summed E-state index contributed by atoms with van der Waals surface area (Å²) in [6.07, 6.45) is 3.34. The molecule has 2 bridgehead atoms. The summed E-state index contributed by atoms with van der Waals surface area (Å²) in [5.74, 6) is 1.31. The van der Waals surface area contributed by atoms with E-state index in [2.05, 4.69) is 23.8 Å². The van der Waals surface area contributed by atoms with Gasteiger partial charge in [0.25, 0.3) is 0 Å². The van der Waals surface area contributed by atoms with Crippen molar-refractivity contribution in [3.8, 4) is 0 Å². The van der Waals surface area contributed by atoms with Gasteiger partial charge in [0, 0.05) is 24.2 Å². The third-order valence-electron chi connectivity index (χ3n) is 5.93. The molecule has 2 N–H and O–H groups in total. The van der Waals surface area contributed by atoms with Crippen LogP contribution in [0.4, 0.5) is 9.59 Å². The smallest absolute Gasteiger partial charge is 0.407 e. The molecule has 204 valence electrons. The van der Waals surface area contributed by atoms with Crippen LogP contribution in [0.1, 0.15) is 60.3 Å². The summed E-state index contributed by atoms with van der Waals surface area (Å²) >= 11 is 0. The lowest BCUT2D eigenvalue weighted by Gasteiger charge is -2.22. The van der Waals surface area contributed by atoms with Crippen molar-refractivity contribution < 1.29 is 38.1 Å². The number of carbonyl (C=O) groups is 4. The molecule has 10 nitrogen and oxygen atoms in total. The minimum atomic E-state index is -0.517. The number of esters is 2. The van der Waals surface area contributed by atoms with Gasteiger partial charge in [-0.3, -0.25) is 0 Å². The molecule has 2 saturated carbocycles. The Morgan fingerprint density at radius 2 is 1.33 bits per heavy atom. The van der Waals surface area contributed by atoms with E-state index in [4.69, 9.17) is 18.9 Å². The third-order valence-corrected chi connectivity index (χ3v) is 5.93. The Morgan fingerprint density at radius 1 is 0.833 bits per heavy atom. The number of fused-ring (bicyclic) bond motifs is 2. The molecule has 2 amide bonds. The lowest BCUT2D eigenvalue weighted by molar-refractivity contribution is -0.142. The van der Waals surface area contributed by atoms with Crippen molar-refractivity contribution in [2.45, 2.75) is 72.5 Å². The standard InChI is InChI=1S/C16H25NO4.C10H17NO4/c1-10(2)15(18)20-9-11(3)21-16(19)17-8-14-7-12-4-5-13(14)6-12;1-5-11-10(13)15-8(4)6-14-9(12)7(2)3/h11-14H,1,4-9H2,2-3H3,(H,17,19);8H,2,5-6H2,1,3-4H3,(H,11,13). The van der Waals surface area contributed by atoms with Crippen molar-refractivity contribution in [1.82, 2.24) is 10.6 Å². The van der Waals surface area contributed by atoms with E-state index in [1.54, 1.807) is 34.6 Å².